The van der Waals surface area contributed by atoms with Crippen LogP contribution >= 0.6 is 0 Å². The van der Waals surface area contributed by atoms with E-state index in [9.17, 15) is 14.4 Å². The zero-order chi connectivity index (χ0) is 34.6. The topological polar surface area (TPSA) is 193 Å². The predicted octanol–water partition coefficient (Wildman–Crippen LogP) is 4.09. The summed E-state index contributed by atoms with van der Waals surface area (Å²) in [5, 5.41) is 0. The molecule has 0 saturated carbocycles. The summed E-state index contributed by atoms with van der Waals surface area (Å²) in [5.74, 6) is 18.2. The minimum Gasteiger partial charge on any atom is -0.493 e. The average Bonchev–Trinajstić information content (AvgIpc) is 3.13. The van der Waals surface area contributed by atoms with Crippen LogP contribution in [0, 0.1) is 12.3 Å². The molecule has 12 nitrogen and oxygen atoms in total. The van der Waals surface area contributed by atoms with Crippen LogP contribution in [-0.4, -0.2) is 37.5 Å². The second kappa shape index (κ2) is 16.6. The van der Waals surface area contributed by atoms with Gasteiger partial charge in [0.25, 0.3) is 17.7 Å². The van der Waals surface area contributed by atoms with Crippen LogP contribution in [0.5, 0.6) is 17.2 Å². The third kappa shape index (κ3) is 8.09. The maximum atomic E-state index is 12.5. The molecule has 0 unspecified atom stereocenters. The van der Waals surface area contributed by atoms with Gasteiger partial charge in [0.2, 0.25) is 0 Å². The maximum Gasteiger partial charge on any atom is 0.268 e. The molecule has 4 aromatic carbocycles. The molecule has 4 aromatic rings. The van der Waals surface area contributed by atoms with Crippen LogP contribution in [0.1, 0.15) is 57.8 Å². The number of nitrogens with two attached hydrogens (primary N) is 3. The van der Waals surface area contributed by atoms with Gasteiger partial charge < -0.3 is 14.2 Å². The van der Waals surface area contributed by atoms with Gasteiger partial charge in [-0.3, -0.25) is 30.7 Å². The van der Waals surface area contributed by atoms with Crippen molar-refractivity contribution in [2.45, 2.75) is 26.7 Å². The molecule has 12 heteroatoms. The van der Waals surface area contributed by atoms with Crippen molar-refractivity contribution < 1.29 is 28.6 Å². The lowest BCUT2D eigenvalue weighted by Gasteiger charge is -2.16. The fourth-order valence-corrected chi connectivity index (χ4v) is 4.93. The van der Waals surface area contributed by atoms with Crippen molar-refractivity contribution in [1.82, 2.24) is 16.3 Å². The lowest BCUT2D eigenvalue weighted by atomic mass is 9.92. The van der Waals surface area contributed by atoms with Gasteiger partial charge in [0, 0.05) is 0 Å². The summed E-state index contributed by atoms with van der Waals surface area (Å²) in [7, 11) is 0. The van der Waals surface area contributed by atoms with Gasteiger partial charge in [-0.2, -0.15) is 0 Å². The summed E-state index contributed by atoms with van der Waals surface area (Å²) in [4.78, 5) is 37.5. The first-order valence-electron chi connectivity index (χ1n) is 15.2. The van der Waals surface area contributed by atoms with Gasteiger partial charge >= 0.3 is 0 Å². The zero-order valence-electron chi connectivity index (χ0n) is 26.7. The molecule has 0 radical (unpaired) electrons. The largest absolute Gasteiger partial charge is 0.493 e. The molecular weight excluding hydrogens is 612 g/mol. The number of hydrazine groups is 3. The molecule has 0 saturated heterocycles. The first-order valence-corrected chi connectivity index (χ1v) is 15.2. The summed E-state index contributed by atoms with van der Waals surface area (Å²) < 4.78 is 17.6. The van der Waals surface area contributed by atoms with E-state index in [1.807, 2.05) is 32.0 Å². The third-order valence-electron chi connectivity index (χ3n) is 7.24. The molecule has 48 heavy (non-hydrogen) atoms. The number of carbonyl (C=O) groups is 3. The van der Waals surface area contributed by atoms with E-state index in [4.69, 9.17) is 38.2 Å². The van der Waals surface area contributed by atoms with Gasteiger partial charge in [0.15, 0.2) is 0 Å². The van der Waals surface area contributed by atoms with E-state index < -0.39 is 17.7 Å². The Balaban J connectivity index is 1.96. The highest BCUT2D eigenvalue weighted by Crippen LogP contribution is 2.38. The van der Waals surface area contributed by atoms with Crippen LogP contribution < -0.4 is 48.0 Å². The van der Waals surface area contributed by atoms with Gasteiger partial charge in [-0.05, 0) is 101 Å². The second-order valence-electron chi connectivity index (χ2n) is 10.5. The van der Waals surface area contributed by atoms with Gasteiger partial charge in [-0.1, -0.05) is 38.0 Å². The van der Waals surface area contributed by atoms with Gasteiger partial charge in [0.1, 0.15) is 23.9 Å². The quantitative estimate of drug-likeness (QED) is 0.0505. The van der Waals surface area contributed by atoms with Crippen molar-refractivity contribution in [2.75, 3.05) is 19.8 Å². The summed E-state index contributed by atoms with van der Waals surface area (Å²) in [6, 6.07) is 21.4. The Kier molecular flexibility index (Phi) is 12.1. The van der Waals surface area contributed by atoms with Crippen LogP contribution in [0.15, 0.2) is 72.8 Å². The maximum absolute atomic E-state index is 12.5. The molecule has 0 aliphatic rings. The number of hydrogen-bond donors (Lipinski definition) is 6. The minimum atomic E-state index is -0.537. The number of terminal acetylenes is 1. The van der Waals surface area contributed by atoms with Crippen molar-refractivity contribution in [3.8, 4) is 63.0 Å². The molecule has 248 valence electrons. The molecule has 0 atom stereocenters. The number of nitrogen functional groups attached to an aromatic ring is 3. The Bertz CT molecular complexity index is 1760. The Morgan fingerprint density at radius 3 is 1.19 bits per heavy atom. The summed E-state index contributed by atoms with van der Waals surface area (Å²) in [6.07, 6.45) is 6.89. The van der Waals surface area contributed by atoms with E-state index in [-0.39, 0.29) is 17.9 Å². The monoisotopic (exact) mass is 650 g/mol. The number of amides is 3. The van der Waals surface area contributed by atoms with Gasteiger partial charge in [-0.15, -0.1) is 6.42 Å². The molecule has 0 spiro atoms. The van der Waals surface area contributed by atoms with Crippen molar-refractivity contribution in [1.29, 1.82) is 0 Å². The van der Waals surface area contributed by atoms with Gasteiger partial charge in [0.05, 0.1) is 29.9 Å². The lowest BCUT2D eigenvalue weighted by Crippen LogP contribution is -2.30. The predicted molar refractivity (Wildman–Crippen MR) is 184 cm³/mol. The van der Waals surface area contributed by atoms with Crippen molar-refractivity contribution >= 4 is 17.7 Å². The number of hydrogen-bond acceptors (Lipinski definition) is 9. The Hall–Kier alpha value is -5.87. The van der Waals surface area contributed by atoms with E-state index in [1.54, 1.807) is 54.6 Å². The Morgan fingerprint density at radius 1 is 0.562 bits per heavy atom. The summed E-state index contributed by atoms with van der Waals surface area (Å²) >= 11 is 0. The highest BCUT2D eigenvalue weighted by molar-refractivity contribution is 5.99. The Labute approximate surface area is 278 Å². The second-order valence-corrected chi connectivity index (χ2v) is 10.5. The third-order valence-corrected chi connectivity index (χ3v) is 7.24. The molecule has 0 aliphatic carbocycles. The molecule has 4 rings (SSSR count). The molecule has 0 fully saturated rings. The van der Waals surface area contributed by atoms with Crippen molar-refractivity contribution in [3.05, 3.63) is 89.5 Å². The van der Waals surface area contributed by atoms with Crippen molar-refractivity contribution in [3.63, 3.8) is 0 Å². The summed E-state index contributed by atoms with van der Waals surface area (Å²) in [5.41, 5.74) is 11.8. The average molecular weight is 651 g/mol. The van der Waals surface area contributed by atoms with Crippen LogP contribution in [0.3, 0.4) is 0 Å². The van der Waals surface area contributed by atoms with E-state index >= 15 is 0 Å². The zero-order valence-corrected chi connectivity index (χ0v) is 26.7. The minimum absolute atomic E-state index is 0.0634. The highest BCUT2D eigenvalue weighted by Gasteiger charge is 2.18. The molecule has 0 aromatic heterocycles. The first kappa shape index (κ1) is 35.0. The van der Waals surface area contributed by atoms with E-state index in [0.717, 1.165) is 40.7 Å². The lowest BCUT2D eigenvalue weighted by molar-refractivity contribution is 0.0941. The molecule has 3 amide bonds. The number of rotatable bonds is 14. The number of ether oxygens (including phenoxy) is 3. The van der Waals surface area contributed by atoms with E-state index in [0.29, 0.717) is 41.4 Å². The first-order chi connectivity index (χ1) is 23.3. The van der Waals surface area contributed by atoms with Crippen LogP contribution in [0.4, 0.5) is 0 Å². The van der Waals surface area contributed by atoms with Crippen LogP contribution in [0.2, 0.25) is 0 Å². The molecule has 0 heterocycles. The van der Waals surface area contributed by atoms with Crippen LogP contribution in [-0.2, 0) is 0 Å². The molecule has 0 bridgehead atoms. The van der Waals surface area contributed by atoms with E-state index in [2.05, 4.69) is 22.2 Å². The highest BCUT2D eigenvalue weighted by atomic mass is 16.5. The Morgan fingerprint density at radius 2 is 0.896 bits per heavy atom. The van der Waals surface area contributed by atoms with Gasteiger partial charge in [-0.25, -0.2) is 17.5 Å². The smallest absolute Gasteiger partial charge is 0.268 e. The SMILES string of the molecule is C#CCOc1cc(-c2cc(-c3ccc(C(=O)NN)c(OCCC)c3)cc(-c3ccc(C(=O)NN)c(OCCC)c3)c2)ccc1C(=O)NN. The standard InChI is InChI=1S/C36H38N6O6/c1-4-13-46-31-19-22(7-10-28(31)34(43)40-37)25-16-26(23-8-11-29(35(44)41-38)32(20-23)47-14-5-2)18-27(17-25)24-9-12-30(36(45)42-39)33(21-24)48-15-6-3/h1,7-12,16-21H,5-6,13-15,37-39H2,2-3H3,(H,40,43)(H,41,44)(H,42,45). The fourth-order valence-electron chi connectivity index (χ4n) is 4.93. The van der Waals surface area contributed by atoms with Crippen LogP contribution in [0.25, 0.3) is 33.4 Å². The molecule has 0 aliphatic heterocycles. The number of nitrogens with one attached hydrogen (secondary N) is 3. The fraction of sp³-hybridized carbons (Fsp3) is 0.194. The number of benzene rings is 4. The molecular formula is C36H38N6O6. The molecule has 9 N–H and O–H groups in total. The van der Waals surface area contributed by atoms with E-state index in [1.165, 1.54) is 0 Å². The van der Waals surface area contributed by atoms with Crippen molar-refractivity contribution in [2.24, 2.45) is 17.5 Å². The summed E-state index contributed by atoms with van der Waals surface area (Å²) in [6.45, 7) is 4.66. The number of carbonyl (C=O) groups excluding carboxylic acids is 3. The normalized spacial score (nSPS) is 10.4.